The zero-order valence-corrected chi connectivity index (χ0v) is 21.2. The Bertz CT molecular complexity index is 1170. The minimum Gasteiger partial charge on any atom is -0.488 e. The molecule has 0 unspecified atom stereocenters. The molecular formula is C27H33N3O6. The fourth-order valence-corrected chi connectivity index (χ4v) is 4.57. The predicted octanol–water partition coefficient (Wildman–Crippen LogP) is 3.62. The first-order valence-corrected chi connectivity index (χ1v) is 12.2. The molecule has 1 aromatic carbocycles. The van der Waals surface area contributed by atoms with E-state index in [1.165, 1.54) is 4.90 Å². The fraction of sp³-hybridized carbons (Fsp3) is 0.481. The molecule has 0 radical (unpaired) electrons. The quantitative estimate of drug-likeness (QED) is 0.462. The minimum absolute atomic E-state index is 0.154. The van der Waals surface area contributed by atoms with Gasteiger partial charge in [-0.2, -0.15) is 0 Å². The highest BCUT2D eigenvalue weighted by Crippen LogP contribution is 2.45. The number of carbonyl (C=O) groups is 3. The highest BCUT2D eigenvalue weighted by molar-refractivity contribution is 5.95. The fourth-order valence-electron chi connectivity index (χ4n) is 4.57. The van der Waals surface area contributed by atoms with Crippen LogP contribution in [0.15, 0.2) is 49.2 Å². The van der Waals surface area contributed by atoms with Crippen LogP contribution < -0.4 is 10.1 Å². The average Bonchev–Trinajstić information content (AvgIpc) is 3.37. The lowest BCUT2D eigenvalue weighted by Crippen LogP contribution is -2.53. The molecular weight excluding hydrogens is 462 g/mol. The third-order valence-corrected chi connectivity index (χ3v) is 6.38. The molecule has 192 valence electrons. The molecule has 2 fully saturated rings. The van der Waals surface area contributed by atoms with Crippen molar-refractivity contribution in [3.05, 3.63) is 49.2 Å². The van der Waals surface area contributed by atoms with Gasteiger partial charge in [0.1, 0.15) is 29.0 Å². The molecule has 1 aliphatic heterocycles. The van der Waals surface area contributed by atoms with Crippen LogP contribution in [0.2, 0.25) is 0 Å². The molecule has 4 rings (SSSR count). The monoisotopic (exact) mass is 495 g/mol. The van der Waals surface area contributed by atoms with Gasteiger partial charge in [0.2, 0.25) is 5.91 Å². The van der Waals surface area contributed by atoms with Gasteiger partial charge in [0.15, 0.2) is 0 Å². The Hall–Kier alpha value is -3.62. The van der Waals surface area contributed by atoms with Crippen LogP contribution in [0.25, 0.3) is 10.9 Å². The summed E-state index contributed by atoms with van der Waals surface area (Å²) < 4.78 is 17.1. The van der Waals surface area contributed by atoms with Gasteiger partial charge in [-0.25, -0.2) is 9.59 Å². The van der Waals surface area contributed by atoms with E-state index in [1.54, 1.807) is 46.0 Å². The van der Waals surface area contributed by atoms with Gasteiger partial charge in [0.25, 0.3) is 0 Å². The number of pyridine rings is 1. The van der Waals surface area contributed by atoms with E-state index in [2.05, 4.69) is 16.9 Å². The molecule has 9 nitrogen and oxygen atoms in total. The Morgan fingerprint density at radius 3 is 2.67 bits per heavy atom. The second-order valence-electron chi connectivity index (χ2n) is 10.2. The van der Waals surface area contributed by atoms with Crippen molar-refractivity contribution in [1.29, 1.82) is 0 Å². The van der Waals surface area contributed by atoms with Gasteiger partial charge in [0.05, 0.1) is 18.7 Å². The predicted molar refractivity (Wildman–Crippen MR) is 133 cm³/mol. The van der Waals surface area contributed by atoms with E-state index >= 15 is 0 Å². The van der Waals surface area contributed by atoms with Crippen molar-refractivity contribution in [2.24, 2.45) is 5.92 Å². The number of rotatable bonds is 7. The van der Waals surface area contributed by atoms with Gasteiger partial charge < -0.3 is 19.5 Å². The number of esters is 1. The maximum absolute atomic E-state index is 13.5. The van der Waals surface area contributed by atoms with E-state index in [-0.39, 0.29) is 25.5 Å². The van der Waals surface area contributed by atoms with Crippen molar-refractivity contribution >= 4 is 28.9 Å². The number of fused-ring (bicyclic) bond motifs is 1. The van der Waals surface area contributed by atoms with Gasteiger partial charge in [-0.1, -0.05) is 18.2 Å². The summed E-state index contributed by atoms with van der Waals surface area (Å²) in [4.78, 5) is 45.0. The van der Waals surface area contributed by atoms with E-state index < -0.39 is 41.3 Å². The Labute approximate surface area is 210 Å². The van der Waals surface area contributed by atoms with Crippen LogP contribution in [0.3, 0.4) is 0 Å². The highest BCUT2D eigenvalue weighted by Gasteiger charge is 2.62. The number of nitrogens with zero attached hydrogens (tertiary/aromatic N) is 2. The standard InChI is InChI=1S/C27H33N3O6/c1-6-17-15-27(17,24(32)34-7-2)29-23(31)21-14-18(16-30(21)25(33)36-26(3,4)5)35-22-12-13-28-20-11-9-8-10-19(20)22/h6,8-13,17-18,21H,1,7,14-16H2,2-5H3,(H,29,31)/t17-,18-,21+,27-/m1/s1. The summed E-state index contributed by atoms with van der Waals surface area (Å²) >= 11 is 0. The second-order valence-corrected chi connectivity index (χ2v) is 10.2. The molecule has 4 atom stereocenters. The first-order chi connectivity index (χ1) is 17.1. The van der Waals surface area contributed by atoms with Crippen LogP contribution in [0.5, 0.6) is 5.75 Å². The average molecular weight is 496 g/mol. The van der Waals surface area contributed by atoms with Crippen LogP contribution in [-0.2, 0) is 19.1 Å². The molecule has 2 aromatic rings. The van der Waals surface area contributed by atoms with Crippen LogP contribution >= 0.6 is 0 Å². The Morgan fingerprint density at radius 1 is 1.25 bits per heavy atom. The molecule has 0 spiro atoms. The van der Waals surface area contributed by atoms with Gasteiger partial charge >= 0.3 is 12.1 Å². The number of benzene rings is 1. The molecule has 2 heterocycles. The number of carbonyl (C=O) groups excluding carboxylic acids is 3. The molecule has 2 aliphatic rings. The molecule has 9 heteroatoms. The minimum atomic E-state index is -1.16. The first-order valence-electron chi connectivity index (χ1n) is 12.2. The molecule has 1 aromatic heterocycles. The Morgan fingerprint density at radius 2 is 2.00 bits per heavy atom. The smallest absolute Gasteiger partial charge is 0.411 e. The number of likely N-dealkylation sites (tertiary alicyclic amines) is 1. The van der Waals surface area contributed by atoms with E-state index in [0.29, 0.717) is 12.2 Å². The molecule has 1 N–H and O–H groups in total. The summed E-state index contributed by atoms with van der Waals surface area (Å²) in [6, 6.07) is 8.48. The summed E-state index contributed by atoms with van der Waals surface area (Å²) in [5.74, 6) is -0.565. The van der Waals surface area contributed by atoms with E-state index in [1.807, 2.05) is 24.3 Å². The lowest BCUT2D eigenvalue weighted by Gasteiger charge is -2.28. The zero-order valence-electron chi connectivity index (χ0n) is 21.2. The van der Waals surface area contributed by atoms with Crippen molar-refractivity contribution < 1.29 is 28.6 Å². The van der Waals surface area contributed by atoms with Crippen LogP contribution in [0.4, 0.5) is 4.79 Å². The number of hydrogen-bond donors (Lipinski definition) is 1. The van der Waals surface area contributed by atoms with E-state index in [0.717, 1.165) is 10.9 Å². The van der Waals surface area contributed by atoms with Gasteiger partial charge in [0, 0.05) is 23.9 Å². The number of amides is 2. The lowest BCUT2D eigenvalue weighted by molar-refractivity contribution is -0.149. The third-order valence-electron chi connectivity index (χ3n) is 6.38. The summed E-state index contributed by atoms with van der Waals surface area (Å²) in [7, 11) is 0. The molecule has 1 saturated carbocycles. The van der Waals surface area contributed by atoms with Crippen LogP contribution in [0, 0.1) is 5.92 Å². The molecule has 1 saturated heterocycles. The normalized spacial score (nSPS) is 25.2. The largest absolute Gasteiger partial charge is 0.488 e. The van der Waals surface area contributed by atoms with Crippen molar-refractivity contribution in [2.45, 2.75) is 63.8 Å². The van der Waals surface area contributed by atoms with E-state index in [4.69, 9.17) is 14.2 Å². The Kier molecular flexibility index (Phi) is 6.93. The van der Waals surface area contributed by atoms with Crippen molar-refractivity contribution in [2.75, 3.05) is 13.2 Å². The molecule has 1 aliphatic carbocycles. The first kappa shape index (κ1) is 25.5. The maximum Gasteiger partial charge on any atom is 0.411 e. The molecule has 2 amide bonds. The van der Waals surface area contributed by atoms with Crippen LogP contribution in [0.1, 0.15) is 40.5 Å². The summed E-state index contributed by atoms with van der Waals surface area (Å²) in [6.07, 6.45) is 2.86. The summed E-state index contributed by atoms with van der Waals surface area (Å²) in [5.41, 5.74) is -1.12. The van der Waals surface area contributed by atoms with Crippen LogP contribution in [-0.4, -0.2) is 64.3 Å². The highest BCUT2D eigenvalue weighted by atomic mass is 16.6. The second kappa shape index (κ2) is 9.79. The summed E-state index contributed by atoms with van der Waals surface area (Å²) in [5, 5.41) is 3.69. The zero-order chi connectivity index (χ0) is 26.1. The topological polar surface area (TPSA) is 107 Å². The SMILES string of the molecule is C=C[C@@H]1C[C@]1(NC(=O)[C@@H]1C[C@@H](Oc2ccnc3ccccc23)CN1C(=O)OC(C)(C)C)C(=O)OCC. The van der Waals surface area contributed by atoms with E-state index in [9.17, 15) is 14.4 Å². The van der Waals surface area contributed by atoms with Crippen molar-refractivity contribution in [1.82, 2.24) is 15.2 Å². The van der Waals surface area contributed by atoms with Crippen molar-refractivity contribution in [3.63, 3.8) is 0 Å². The number of aromatic nitrogens is 1. The summed E-state index contributed by atoms with van der Waals surface area (Å²) in [6.45, 7) is 11.1. The Balaban J connectivity index is 1.57. The lowest BCUT2D eigenvalue weighted by atomic mass is 10.1. The third kappa shape index (κ3) is 5.15. The van der Waals surface area contributed by atoms with Gasteiger partial charge in [-0.3, -0.25) is 14.7 Å². The molecule has 0 bridgehead atoms. The maximum atomic E-state index is 13.5. The number of para-hydroxylation sites is 1. The van der Waals surface area contributed by atoms with Gasteiger partial charge in [-0.15, -0.1) is 6.58 Å². The number of nitrogens with one attached hydrogen (secondary N) is 1. The van der Waals surface area contributed by atoms with Crippen molar-refractivity contribution in [3.8, 4) is 5.75 Å². The van der Waals surface area contributed by atoms with Gasteiger partial charge in [-0.05, 0) is 52.3 Å². The molecule has 36 heavy (non-hydrogen) atoms. The number of ether oxygens (including phenoxy) is 3. The number of hydrogen-bond acceptors (Lipinski definition) is 7.